The Labute approximate surface area is 132 Å². The molecular formula is H4BaO5S2Zn2. The normalized spacial score (nSPS) is 5.80. The Morgan fingerprint density at radius 1 is 1.00 bits per heavy atom. The van der Waals surface area contributed by atoms with E-state index in [1.165, 1.54) is 0 Å². The Kier molecular flexibility index (Phi) is 68.5. The minimum absolute atomic E-state index is 0. The summed E-state index contributed by atoms with van der Waals surface area (Å²) in [4.78, 5) is 0. The van der Waals surface area contributed by atoms with Gasteiger partial charge in [0.25, 0.3) is 0 Å². The molecule has 0 aliphatic heterocycles. The minimum atomic E-state index is -5.17. The molecule has 0 fully saturated rings. The predicted octanol–water partition coefficient (Wildman–Crippen LogP) is -2.44. The molecule has 10 heteroatoms. The molecule has 5 nitrogen and oxygen atoms in total. The molecule has 0 saturated heterocycles. The van der Waals surface area contributed by atoms with E-state index in [1.807, 2.05) is 0 Å². The maximum absolute atomic E-state index is 8.52. The van der Waals surface area contributed by atoms with E-state index in [0.717, 1.165) is 0 Å². The molecular weight excluding hydrogens is 412 g/mol. The van der Waals surface area contributed by atoms with Gasteiger partial charge >= 0.3 is 48.9 Å². The molecule has 0 aliphatic rings. The van der Waals surface area contributed by atoms with Crippen LogP contribution in [0.4, 0.5) is 0 Å². The van der Waals surface area contributed by atoms with Crippen LogP contribution in [-0.2, 0) is 49.4 Å². The quantitative estimate of drug-likeness (QED) is 0.248. The smallest absolute Gasteiger partial charge is 0.759 e. The summed E-state index contributed by atoms with van der Waals surface area (Å²) in [5.74, 6) is 0. The van der Waals surface area contributed by atoms with Crippen LogP contribution < -0.4 is 0 Å². The van der Waals surface area contributed by atoms with Gasteiger partial charge in [0.15, 0.2) is 0 Å². The zero-order valence-electron chi connectivity index (χ0n) is 5.16. The molecule has 0 bridgehead atoms. The molecule has 2 N–H and O–H groups in total. The third kappa shape index (κ3) is 122. The van der Waals surface area contributed by atoms with Gasteiger partial charge in [-0.1, -0.05) is 0 Å². The summed E-state index contributed by atoms with van der Waals surface area (Å²) < 4.78 is 34.1. The van der Waals surface area contributed by atoms with Gasteiger partial charge in [0.1, 0.15) is 0 Å². The molecule has 0 aromatic heterocycles. The SMILES string of the molecule is O.O=S(=O)([O-])[O-].S.[Ba+2].[Zn].[Zn]. The van der Waals surface area contributed by atoms with E-state index in [4.69, 9.17) is 17.5 Å². The van der Waals surface area contributed by atoms with Gasteiger partial charge in [-0.3, -0.25) is 8.42 Å². The van der Waals surface area contributed by atoms with E-state index in [-0.39, 0.29) is 107 Å². The Hall–Kier alpha value is 3.00. The standard InChI is InChI=1S/Ba.H2O4S.H2O.H2S.2Zn/c;1-5(2,3)4;;;;/h;(H2,1,2,3,4);2*1H2;;/q+2;;;;;/p-2. The Morgan fingerprint density at radius 2 is 1.00 bits per heavy atom. The van der Waals surface area contributed by atoms with Gasteiger partial charge in [0.05, 0.1) is 0 Å². The molecule has 0 atom stereocenters. The van der Waals surface area contributed by atoms with Crippen molar-refractivity contribution in [2.45, 2.75) is 0 Å². The van der Waals surface area contributed by atoms with Crippen LogP contribution in [0.15, 0.2) is 0 Å². The van der Waals surface area contributed by atoms with Crippen LogP contribution in [0, 0.1) is 0 Å². The first-order chi connectivity index (χ1) is 2.00. The average Bonchev–Trinajstić information content (AvgIpc) is 0.722. The monoisotopic (exact) mass is 414 g/mol. The molecule has 0 aromatic rings. The fourth-order valence-corrected chi connectivity index (χ4v) is 0. The first-order valence-corrected chi connectivity index (χ1v) is 2.00. The molecule has 0 amide bonds. The fraction of sp³-hybridized carbons (Fsp3) is 0. The van der Waals surface area contributed by atoms with Crippen molar-refractivity contribution in [3.05, 3.63) is 0 Å². The zero-order valence-corrected chi connectivity index (χ0v) is 17.4. The van der Waals surface area contributed by atoms with E-state index in [0.29, 0.717) is 0 Å². The van der Waals surface area contributed by atoms with E-state index >= 15 is 0 Å². The Balaban J connectivity index is -0.00000000800. The second-order valence-corrected chi connectivity index (χ2v) is 1.22. The molecule has 52 valence electrons. The van der Waals surface area contributed by atoms with Crippen molar-refractivity contribution in [2.24, 2.45) is 0 Å². The van der Waals surface area contributed by atoms with Gasteiger partial charge in [-0.25, -0.2) is 0 Å². The second kappa shape index (κ2) is 17.9. The Morgan fingerprint density at radius 3 is 1.00 bits per heavy atom. The fourth-order valence-electron chi connectivity index (χ4n) is 0. The van der Waals surface area contributed by atoms with Crippen molar-refractivity contribution in [1.29, 1.82) is 0 Å². The van der Waals surface area contributed by atoms with Crippen LogP contribution in [0.1, 0.15) is 0 Å². The first kappa shape index (κ1) is 38.2. The van der Waals surface area contributed by atoms with Crippen LogP contribution in [0.2, 0.25) is 0 Å². The van der Waals surface area contributed by atoms with Crippen LogP contribution in [0.3, 0.4) is 0 Å². The molecule has 0 saturated carbocycles. The summed E-state index contributed by atoms with van der Waals surface area (Å²) >= 11 is 0. The van der Waals surface area contributed by atoms with Gasteiger partial charge in [0.2, 0.25) is 0 Å². The van der Waals surface area contributed by atoms with Crippen LogP contribution in [-0.4, -0.2) is 71.9 Å². The predicted molar refractivity (Wildman–Crippen MR) is 30.2 cm³/mol. The maximum atomic E-state index is 8.52. The Bertz CT molecular complexity index is 101. The maximum Gasteiger partial charge on any atom is 2.00 e. The molecule has 0 spiro atoms. The average molecular weight is 416 g/mol. The second-order valence-electron chi connectivity index (χ2n) is 0.408. The van der Waals surface area contributed by atoms with Crippen molar-refractivity contribution >= 4 is 72.8 Å². The molecule has 0 aliphatic carbocycles. The van der Waals surface area contributed by atoms with E-state index in [1.54, 1.807) is 0 Å². The molecule has 0 aromatic carbocycles. The van der Waals surface area contributed by atoms with Crippen molar-refractivity contribution in [3.63, 3.8) is 0 Å². The van der Waals surface area contributed by atoms with Crippen LogP contribution in [0.5, 0.6) is 0 Å². The number of rotatable bonds is 0. The topological polar surface area (TPSA) is 112 Å². The van der Waals surface area contributed by atoms with Crippen molar-refractivity contribution in [1.82, 2.24) is 0 Å². The van der Waals surface area contributed by atoms with Gasteiger partial charge in [-0.05, 0) is 0 Å². The third-order valence-electron chi connectivity index (χ3n) is 0. The third-order valence-corrected chi connectivity index (χ3v) is 0. The van der Waals surface area contributed by atoms with Crippen LogP contribution >= 0.6 is 13.5 Å². The summed E-state index contributed by atoms with van der Waals surface area (Å²) in [6.07, 6.45) is 0. The molecule has 0 heterocycles. The summed E-state index contributed by atoms with van der Waals surface area (Å²) in [7, 11) is -5.17. The van der Waals surface area contributed by atoms with Gasteiger partial charge in [-0.2, -0.15) is 13.5 Å². The van der Waals surface area contributed by atoms with Gasteiger partial charge in [0, 0.05) is 49.4 Å². The van der Waals surface area contributed by atoms with Gasteiger partial charge in [-0.15, -0.1) is 0 Å². The summed E-state index contributed by atoms with van der Waals surface area (Å²) in [5, 5.41) is 0. The summed E-state index contributed by atoms with van der Waals surface area (Å²) in [6.45, 7) is 0. The van der Waals surface area contributed by atoms with E-state index in [9.17, 15) is 0 Å². The summed E-state index contributed by atoms with van der Waals surface area (Å²) in [5.41, 5.74) is 0. The van der Waals surface area contributed by atoms with Crippen LogP contribution in [0.25, 0.3) is 0 Å². The van der Waals surface area contributed by atoms with E-state index < -0.39 is 10.4 Å². The van der Waals surface area contributed by atoms with Gasteiger partial charge < -0.3 is 14.6 Å². The largest absolute Gasteiger partial charge is 2.00 e. The van der Waals surface area contributed by atoms with Crippen molar-refractivity contribution in [2.75, 3.05) is 0 Å². The molecule has 0 unspecified atom stereocenters. The number of hydrogen-bond acceptors (Lipinski definition) is 4. The first-order valence-electron chi connectivity index (χ1n) is 0.667. The summed E-state index contributed by atoms with van der Waals surface area (Å²) in [6, 6.07) is 0. The molecule has 0 radical (unpaired) electrons. The zero-order chi connectivity index (χ0) is 4.50. The molecule has 10 heavy (non-hydrogen) atoms. The minimum Gasteiger partial charge on any atom is -0.759 e. The molecule has 0 rings (SSSR count). The number of hydrogen-bond donors (Lipinski definition) is 0. The van der Waals surface area contributed by atoms with Crippen molar-refractivity contribution < 1.29 is 62.0 Å². The van der Waals surface area contributed by atoms with Crippen molar-refractivity contribution in [3.8, 4) is 0 Å². The van der Waals surface area contributed by atoms with E-state index in [2.05, 4.69) is 0 Å².